The zero-order chi connectivity index (χ0) is 15.5. The first-order chi connectivity index (χ1) is 10.7. The standard InChI is InChI=1S/C19H16N2O/c1-13-6-2-4-8-15(13)19(22)21-18-11-10-14-7-3-5-9-16(14)17(18)12-20/h2-9H,10-11H2,1H3,(H,21,22). The number of carbonyl (C=O) groups is 1. The summed E-state index contributed by atoms with van der Waals surface area (Å²) in [5, 5.41) is 12.4. The maximum absolute atomic E-state index is 12.5. The molecule has 0 fully saturated rings. The van der Waals surface area contributed by atoms with E-state index in [1.165, 1.54) is 0 Å². The fraction of sp³-hybridized carbons (Fsp3) is 0.158. The zero-order valence-electron chi connectivity index (χ0n) is 12.4. The molecule has 108 valence electrons. The van der Waals surface area contributed by atoms with Crippen molar-refractivity contribution in [3.05, 3.63) is 76.5 Å². The molecule has 22 heavy (non-hydrogen) atoms. The number of fused-ring (bicyclic) bond motifs is 1. The Bertz CT molecular complexity index is 812. The van der Waals surface area contributed by atoms with E-state index in [1.807, 2.05) is 49.4 Å². The Morgan fingerprint density at radius 2 is 1.82 bits per heavy atom. The molecule has 0 spiro atoms. The van der Waals surface area contributed by atoms with Crippen LogP contribution in [0.15, 0.2) is 54.2 Å². The Balaban J connectivity index is 1.95. The Morgan fingerprint density at radius 3 is 2.59 bits per heavy atom. The molecular weight excluding hydrogens is 272 g/mol. The summed E-state index contributed by atoms with van der Waals surface area (Å²) < 4.78 is 0. The van der Waals surface area contributed by atoms with Crippen molar-refractivity contribution in [2.75, 3.05) is 0 Å². The van der Waals surface area contributed by atoms with Crippen molar-refractivity contribution in [2.24, 2.45) is 0 Å². The lowest BCUT2D eigenvalue weighted by atomic mass is 9.89. The van der Waals surface area contributed by atoms with Crippen LogP contribution >= 0.6 is 0 Å². The SMILES string of the molecule is Cc1ccccc1C(=O)NC1=C(C#N)c2ccccc2CC1. The molecule has 0 aromatic heterocycles. The van der Waals surface area contributed by atoms with Crippen LogP contribution in [0, 0.1) is 18.3 Å². The molecule has 1 N–H and O–H groups in total. The van der Waals surface area contributed by atoms with Crippen molar-refractivity contribution in [2.45, 2.75) is 19.8 Å². The molecule has 3 heteroatoms. The fourth-order valence-corrected chi connectivity index (χ4v) is 2.81. The van der Waals surface area contributed by atoms with Gasteiger partial charge in [-0.15, -0.1) is 0 Å². The van der Waals surface area contributed by atoms with Crippen LogP contribution in [0.1, 0.15) is 33.5 Å². The highest BCUT2D eigenvalue weighted by atomic mass is 16.1. The quantitative estimate of drug-likeness (QED) is 0.917. The van der Waals surface area contributed by atoms with Crippen molar-refractivity contribution in [3.63, 3.8) is 0 Å². The first-order valence-electron chi connectivity index (χ1n) is 7.29. The van der Waals surface area contributed by atoms with Crippen molar-refractivity contribution >= 4 is 11.5 Å². The summed E-state index contributed by atoms with van der Waals surface area (Å²) in [6.07, 6.45) is 1.52. The van der Waals surface area contributed by atoms with E-state index in [-0.39, 0.29) is 5.91 Å². The number of rotatable bonds is 2. The number of carbonyl (C=O) groups excluding carboxylic acids is 1. The highest BCUT2D eigenvalue weighted by Crippen LogP contribution is 2.29. The van der Waals surface area contributed by atoms with Crippen LogP contribution in [0.2, 0.25) is 0 Å². The Labute approximate surface area is 129 Å². The third kappa shape index (κ3) is 2.51. The summed E-state index contributed by atoms with van der Waals surface area (Å²) in [7, 11) is 0. The maximum atomic E-state index is 12.5. The average molecular weight is 288 g/mol. The van der Waals surface area contributed by atoms with Gasteiger partial charge in [0.05, 0.1) is 5.57 Å². The Kier molecular flexibility index (Phi) is 3.76. The van der Waals surface area contributed by atoms with E-state index in [1.54, 1.807) is 6.07 Å². The lowest BCUT2D eigenvalue weighted by molar-refractivity contribution is 0.0964. The van der Waals surface area contributed by atoms with Gasteiger partial charge >= 0.3 is 0 Å². The summed E-state index contributed by atoms with van der Waals surface area (Å²) in [5.41, 5.74) is 4.95. The molecule has 0 atom stereocenters. The fourth-order valence-electron chi connectivity index (χ4n) is 2.81. The molecule has 2 aromatic rings. The van der Waals surface area contributed by atoms with Crippen LogP contribution in [0.4, 0.5) is 0 Å². The average Bonchev–Trinajstić information content (AvgIpc) is 2.55. The molecule has 0 heterocycles. The topological polar surface area (TPSA) is 52.9 Å². The smallest absolute Gasteiger partial charge is 0.255 e. The molecule has 0 saturated carbocycles. The third-order valence-electron chi connectivity index (χ3n) is 4.00. The van der Waals surface area contributed by atoms with Gasteiger partial charge in [0.25, 0.3) is 5.91 Å². The van der Waals surface area contributed by atoms with Crippen LogP contribution in [0.5, 0.6) is 0 Å². The summed E-state index contributed by atoms with van der Waals surface area (Å²) >= 11 is 0. The molecular formula is C19H16N2O. The van der Waals surface area contributed by atoms with Gasteiger partial charge in [0.15, 0.2) is 0 Å². The predicted molar refractivity (Wildman–Crippen MR) is 85.9 cm³/mol. The number of hydrogen-bond donors (Lipinski definition) is 1. The van der Waals surface area contributed by atoms with Gasteiger partial charge < -0.3 is 5.32 Å². The van der Waals surface area contributed by atoms with Gasteiger partial charge in [-0.1, -0.05) is 42.5 Å². The van der Waals surface area contributed by atoms with E-state index in [9.17, 15) is 10.1 Å². The lowest BCUT2D eigenvalue weighted by Gasteiger charge is -2.20. The third-order valence-corrected chi connectivity index (χ3v) is 4.00. The van der Waals surface area contributed by atoms with Gasteiger partial charge in [-0.3, -0.25) is 4.79 Å². The Hall–Kier alpha value is -2.86. The second kappa shape index (κ2) is 5.87. The lowest BCUT2D eigenvalue weighted by Crippen LogP contribution is -2.26. The summed E-state index contributed by atoms with van der Waals surface area (Å²) in [4.78, 5) is 12.5. The first-order valence-corrected chi connectivity index (χ1v) is 7.29. The summed E-state index contributed by atoms with van der Waals surface area (Å²) in [5.74, 6) is -0.153. The van der Waals surface area contributed by atoms with E-state index in [4.69, 9.17) is 0 Å². The van der Waals surface area contributed by atoms with Gasteiger partial charge in [-0.2, -0.15) is 5.26 Å². The predicted octanol–water partition coefficient (Wildman–Crippen LogP) is 3.61. The maximum Gasteiger partial charge on any atom is 0.255 e. The Morgan fingerprint density at radius 1 is 1.09 bits per heavy atom. The molecule has 0 radical (unpaired) electrons. The van der Waals surface area contributed by atoms with Crippen molar-refractivity contribution in [1.29, 1.82) is 5.26 Å². The second-order valence-electron chi connectivity index (χ2n) is 5.39. The molecule has 0 unspecified atom stereocenters. The first kappa shape index (κ1) is 14.1. The number of aryl methyl sites for hydroxylation is 2. The number of allylic oxidation sites excluding steroid dienone is 2. The van der Waals surface area contributed by atoms with E-state index in [0.717, 1.165) is 28.8 Å². The molecule has 0 bridgehead atoms. The van der Waals surface area contributed by atoms with Crippen molar-refractivity contribution in [3.8, 4) is 6.07 Å². The number of benzene rings is 2. The van der Waals surface area contributed by atoms with Gasteiger partial charge in [-0.25, -0.2) is 0 Å². The molecule has 3 nitrogen and oxygen atoms in total. The van der Waals surface area contributed by atoms with Crippen LogP contribution in [0.3, 0.4) is 0 Å². The molecule has 1 aliphatic carbocycles. The van der Waals surface area contributed by atoms with Gasteiger partial charge in [0.2, 0.25) is 0 Å². The highest BCUT2D eigenvalue weighted by Gasteiger charge is 2.20. The van der Waals surface area contributed by atoms with Crippen molar-refractivity contribution < 1.29 is 4.79 Å². The van der Waals surface area contributed by atoms with E-state index < -0.39 is 0 Å². The number of hydrogen-bond acceptors (Lipinski definition) is 2. The zero-order valence-corrected chi connectivity index (χ0v) is 12.4. The second-order valence-corrected chi connectivity index (χ2v) is 5.39. The van der Waals surface area contributed by atoms with Crippen LogP contribution in [0.25, 0.3) is 5.57 Å². The molecule has 1 amide bonds. The normalized spacial score (nSPS) is 13.3. The van der Waals surface area contributed by atoms with Gasteiger partial charge in [0.1, 0.15) is 6.07 Å². The van der Waals surface area contributed by atoms with Crippen LogP contribution in [-0.4, -0.2) is 5.91 Å². The monoisotopic (exact) mass is 288 g/mol. The van der Waals surface area contributed by atoms with E-state index in [2.05, 4.69) is 11.4 Å². The number of nitrogens with one attached hydrogen (secondary N) is 1. The molecule has 2 aromatic carbocycles. The number of nitriles is 1. The van der Waals surface area contributed by atoms with Gasteiger partial charge in [-0.05, 0) is 42.5 Å². The van der Waals surface area contributed by atoms with E-state index >= 15 is 0 Å². The molecule has 1 aliphatic rings. The minimum Gasteiger partial charge on any atom is -0.324 e. The van der Waals surface area contributed by atoms with Crippen LogP contribution < -0.4 is 5.32 Å². The number of nitrogens with zero attached hydrogens (tertiary/aromatic N) is 1. The summed E-state index contributed by atoms with van der Waals surface area (Å²) in [6, 6.07) is 17.6. The molecule has 0 saturated heterocycles. The van der Waals surface area contributed by atoms with Gasteiger partial charge in [0, 0.05) is 11.3 Å². The van der Waals surface area contributed by atoms with Crippen molar-refractivity contribution in [1.82, 2.24) is 5.32 Å². The minimum atomic E-state index is -0.153. The summed E-state index contributed by atoms with van der Waals surface area (Å²) in [6.45, 7) is 1.91. The van der Waals surface area contributed by atoms with E-state index in [0.29, 0.717) is 17.6 Å². The minimum absolute atomic E-state index is 0.153. The van der Waals surface area contributed by atoms with Crippen LogP contribution in [-0.2, 0) is 6.42 Å². The molecule has 0 aliphatic heterocycles. The highest BCUT2D eigenvalue weighted by molar-refractivity contribution is 5.98. The largest absolute Gasteiger partial charge is 0.324 e. The molecule has 3 rings (SSSR count). The number of amides is 1.